The Bertz CT molecular complexity index is 3400. The monoisotopic (exact) mass is 806 g/mol. The van der Waals surface area contributed by atoms with Gasteiger partial charge in [0.05, 0.1) is 16.8 Å². The topological polar surface area (TPSA) is 25.8 Å². The summed E-state index contributed by atoms with van der Waals surface area (Å²) < 4.78 is 2.59. The van der Waals surface area contributed by atoms with Gasteiger partial charge in [-0.1, -0.05) is 206 Å². The average Bonchev–Trinajstić information content (AvgIpc) is 3.88. The van der Waals surface area contributed by atoms with Crippen LogP contribution in [-0.4, -0.2) is 9.97 Å². The van der Waals surface area contributed by atoms with E-state index in [1.165, 1.54) is 64.7 Å². The summed E-state index contributed by atoms with van der Waals surface area (Å²) in [5.74, 6) is 0.702. The number of rotatable bonds is 7. The van der Waals surface area contributed by atoms with Crippen molar-refractivity contribution in [1.29, 1.82) is 0 Å². The zero-order valence-electron chi connectivity index (χ0n) is 33.7. The van der Waals surface area contributed by atoms with Gasteiger partial charge >= 0.3 is 0 Å². The highest BCUT2D eigenvalue weighted by atomic mass is 32.1. The van der Waals surface area contributed by atoms with Crippen molar-refractivity contribution < 1.29 is 0 Å². The third-order valence-corrected chi connectivity index (χ3v) is 13.8. The zero-order chi connectivity index (χ0) is 41.0. The normalized spacial score (nSPS) is 12.6. The third-order valence-electron chi connectivity index (χ3n) is 12.6. The number of nitrogens with zero attached hydrogens (tertiary/aromatic N) is 2. The maximum absolute atomic E-state index is 5.25. The Labute approximate surface area is 365 Å². The molecule has 2 aromatic heterocycles. The summed E-state index contributed by atoms with van der Waals surface area (Å²) in [4.78, 5) is 10.5. The van der Waals surface area contributed by atoms with E-state index in [2.05, 4.69) is 212 Å². The molecule has 0 atom stereocenters. The minimum atomic E-state index is -0.449. The van der Waals surface area contributed by atoms with Crippen LogP contribution in [0.5, 0.6) is 0 Å². The van der Waals surface area contributed by atoms with E-state index >= 15 is 0 Å². The average molecular weight is 807 g/mol. The van der Waals surface area contributed by atoms with Crippen LogP contribution in [0.3, 0.4) is 0 Å². The molecule has 0 radical (unpaired) electrons. The Morgan fingerprint density at radius 3 is 1.61 bits per heavy atom. The summed E-state index contributed by atoms with van der Waals surface area (Å²) in [6, 6.07) is 83.4. The molecule has 0 bridgehead atoms. The van der Waals surface area contributed by atoms with E-state index in [0.29, 0.717) is 5.82 Å². The number of thiophene rings is 1. The van der Waals surface area contributed by atoms with E-state index in [4.69, 9.17) is 9.97 Å². The van der Waals surface area contributed by atoms with Crippen molar-refractivity contribution in [3.8, 4) is 67.3 Å². The largest absolute Gasteiger partial charge is 0.228 e. The third kappa shape index (κ3) is 5.85. The number of benzene rings is 9. The highest BCUT2D eigenvalue weighted by Crippen LogP contribution is 2.56. The predicted octanol–water partition coefficient (Wildman–Crippen LogP) is 15.5. The quantitative estimate of drug-likeness (QED) is 0.160. The lowest BCUT2D eigenvalue weighted by molar-refractivity contribution is 0.769. The standard InChI is InChI=1S/C59H38N2S/c1-4-16-41(17-5-1)58-60-54(38-55(61-58)49-24-11-10-22-46(49)43-33-35-51-50-25-13-15-27-56(50)62-57(51)37-43)40-30-28-39(29-31-40)42-32-34-48-47-23-12-14-26-52(47)59(53(48)36-42,44-18-6-2-7-19-44)45-20-8-3-9-21-45/h1-38H. The molecule has 0 saturated carbocycles. The van der Waals surface area contributed by atoms with Crippen LogP contribution >= 0.6 is 11.3 Å². The van der Waals surface area contributed by atoms with E-state index in [1.807, 2.05) is 29.5 Å². The summed E-state index contributed by atoms with van der Waals surface area (Å²) in [5.41, 5.74) is 16.8. The van der Waals surface area contributed by atoms with Gasteiger partial charge in [0.25, 0.3) is 0 Å². The Morgan fingerprint density at radius 2 is 0.855 bits per heavy atom. The molecule has 12 rings (SSSR count). The van der Waals surface area contributed by atoms with Crippen molar-refractivity contribution >= 4 is 31.5 Å². The highest BCUT2D eigenvalue weighted by molar-refractivity contribution is 7.25. The molecule has 2 heterocycles. The molecule has 0 spiro atoms. The molecular formula is C59H38N2S. The van der Waals surface area contributed by atoms with Gasteiger partial charge in [-0.2, -0.15) is 0 Å². The second-order valence-corrected chi connectivity index (χ2v) is 17.1. The molecule has 62 heavy (non-hydrogen) atoms. The fourth-order valence-corrected chi connectivity index (χ4v) is 10.9. The van der Waals surface area contributed by atoms with E-state index in [9.17, 15) is 0 Å². The lowest BCUT2D eigenvalue weighted by atomic mass is 9.67. The molecule has 0 saturated heterocycles. The van der Waals surface area contributed by atoms with Gasteiger partial charge in [0.1, 0.15) is 0 Å². The minimum absolute atomic E-state index is 0.449. The molecular weight excluding hydrogens is 769 g/mol. The maximum atomic E-state index is 5.25. The predicted molar refractivity (Wildman–Crippen MR) is 259 cm³/mol. The second-order valence-electron chi connectivity index (χ2n) is 16.0. The fourth-order valence-electron chi connectivity index (χ4n) is 9.76. The highest BCUT2D eigenvalue weighted by Gasteiger charge is 2.46. The fraction of sp³-hybridized carbons (Fsp3) is 0.0169. The van der Waals surface area contributed by atoms with Gasteiger partial charge in [0, 0.05) is 36.9 Å². The zero-order valence-corrected chi connectivity index (χ0v) is 34.6. The second kappa shape index (κ2) is 14.8. The van der Waals surface area contributed by atoms with Crippen molar-refractivity contribution in [2.75, 3.05) is 0 Å². The Balaban J connectivity index is 0.966. The van der Waals surface area contributed by atoms with Crippen LogP contribution in [-0.2, 0) is 5.41 Å². The number of hydrogen-bond acceptors (Lipinski definition) is 3. The molecule has 2 nitrogen and oxygen atoms in total. The summed E-state index contributed by atoms with van der Waals surface area (Å²) >= 11 is 1.85. The summed E-state index contributed by atoms with van der Waals surface area (Å²) in [6.45, 7) is 0. The van der Waals surface area contributed by atoms with Crippen LogP contribution in [0.2, 0.25) is 0 Å². The Kier molecular flexibility index (Phi) is 8.62. The summed E-state index contributed by atoms with van der Waals surface area (Å²) in [5, 5.41) is 2.60. The van der Waals surface area contributed by atoms with Crippen LogP contribution in [0.15, 0.2) is 231 Å². The van der Waals surface area contributed by atoms with Crippen molar-refractivity contribution in [2.45, 2.75) is 5.41 Å². The minimum Gasteiger partial charge on any atom is -0.228 e. The van der Waals surface area contributed by atoms with Gasteiger partial charge in [-0.15, -0.1) is 11.3 Å². The van der Waals surface area contributed by atoms with Crippen LogP contribution in [0.4, 0.5) is 0 Å². The Hall–Kier alpha value is -7.72. The first kappa shape index (κ1) is 36.2. The first-order valence-electron chi connectivity index (χ1n) is 21.1. The van der Waals surface area contributed by atoms with Gasteiger partial charge in [-0.25, -0.2) is 9.97 Å². The Morgan fingerprint density at radius 1 is 0.306 bits per heavy atom. The molecule has 0 amide bonds. The molecule has 0 aliphatic heterocycles. The molecule has 290 valence electrons. The lowest BCUT2D eigenvalue weighted by Crippen LogP contribution is -2.28. The summed E-state index contributed by atoms with van der Waals surface area (Å²) in [7, 11) is 0. The van der Waals surface area contributed by atoms with Crippen LogP contribution in [0.1, 0.15) is 22.3 Å². The SMILES string of the molecule is c1ccc(-c2nc(-c3ccc(-c4ccc5c(c4)C(c4ccccc4)(c4ccccc4)c4ccccc4-5)cc3)cc(-c3ccccc3-c3ccc4c(c3)sc3ccccc34)n2)cc1. The van der Waals surface area contributed by atoms with E-state index in [-0.39, 0.29) is 0 Å². The summed E-state index contributed by atoms with van der Waals surface area (Å²) in [6.07, 6.45) is 0. The van der Waals surface area contributed by atoms with Crippen LogP contribution in [0, 0.1) is 0 Å². The molecule has 0 N–H and O–H groups in total. The van der Waals surface area contributed by atoms with Crippen molar-refractivity contribution in [3.05, 3.63) is 253 Å². The number of hydrogen-bond donors (Lipinski definition) is 0. The van der Waals surface area contributed by atoms with Gasteiger partial charge < -0.3 is 0 Å². The van der Waals surface area contributed by atoms with Gasteiger partial charge in [-0.05, 0) is 79.9 Å². The molecule has 0 fully saturated rings. The molecule has 1 aliphatic carbocycles. The number of aromatic nitrogens is 2. The van der Waals surface area contributed by atoms with Crippen LogP contribution in [0.25, 0.3) is 87.5 Å². The van der Waals surface area contributed by atoms with Gasteiger partial charge in [0.2, 0.25) is 0 Å². The molecule has 11 aromatic rings. The lowest BCUT2D eigenvalue weighted by Gasteiger charge is -2.34. The van der Waals surface area contributed by atoms with Crippen molar-refractivity contribution in [3.63, 3.8) is 0 Å². The van der Waals surface area contributed by atoms with Crippen molar-refractivity contribution in [2.24, 2.45) is 0 Å². The molecule has 1 aliphatic rings. The maximum Gasteiger partial charge on any atom is 0.160 e. The van der Waals surface area contributed by atoms with Gasteiger partial charge in [-0.3, -0.25) is 0 Å². The van der Waals surface area contributed by atoms with E-state index in [1.54, 1.807) is 0 Å². The van der Waals surface area contributed by atoms with Gasteiger partial charge in [0.15, 0.2) is 5.82 Å². The number of fused-ring (bicyclic) bond motifs is 6. The first-order valence-corrected chi connectivity index (χ1v) is 22.0. The van der Waals surface area contributed by atoms with Crippen LogP contribution < -0.4 is 0 Å². The smallest absolute Gasteiger partial charge is 0.160 e. The molecule has 9 aromatic carbocycles. The van der Waals surface area contributed by atoms with E-state index < -0.39 is 5.41 Å². The molecule has 3 heteroatoms. The first-order chi connectivity index (χ1) is 30.7. The van der Waals surface area contributed by atoms with Crippen molar-refractivity contribution in [1.82, 2.24) is 9.97 Å². The molecule has 0 unspecified atom stereocenters. The van der Waals surface area contributed by atoms with E-state index in [0.717, 1.165) is 39.2 Å².